The zero-order valence-electron chi connectivity index (χ0n) is 14.6. The molecular weight excluding hydrogens is 292 g/mol. The summed E-state index contributed by atoms with van der Waals surface area (Å²) in [5.41, 5.74) is 0.925. The van der Waals surface area contributed by atoms with Crippen LogP contribution in [-0.4, -0.2) is 42.9 Å². The Kier molecular flexibility index (Phi) is 8.06. The van der Waals surface area contributed by atoms with Crippen LogP contribution in [0.25, 0.3) is 0 Å². The van der Waals surface area contributed by atoms with Gasteiger partial charge in [0.2, 0.25) is 0 Å². The van der Waals surface area contributed by atoms with Gasteiger partial charge in [0.1, 0.15) is 11.4 Å². The molecule has 1 aromatic carbocycles. The molecule has 2 unspecified atom stereocenters. The number of likely N-dealkylation sites (N-methyl/N-ethyl adjacent to an activating group) is 1. The smallest absolute Gasteiger partial charge is 0.293 e. The molecule has 0 aliphatic carbocycles. The van der Waals surface area contributed by atoms with E-state index in [-0.39, 0.29) is 5.60 Å². The van der Waals surface area contributed by atoms with Crippen LogP contribution in [0.4, 0.5) is 0 Å². The zero-order valence-corrected chi connectivity index (χ0v) is 14.6. The molecule has 0 bridgehead atoms. The Morgan fingerprint density at radius 1 is 1.43 bits per heavy atom. The fourth-order valence-electron chi connectivity index (χ4n) is 2.63. The summed E-state index contributed by atoms with van der Waals surface area (Å²) in [7, 11) is 0. The van der Waals surface area contributed by atoms with Crippen LogP contribution in [0.3, 0.4) is 0 Å². The van der Waals surface area contributed by atoms with E-state index in [0.29, 0.717) is 24.2 Å². The summed E-state index contributed by atoms with van der Waals surface area (Å²) < 4.78 is 4.55. The highest BCUT2D eigenvalue weighted by Gasteiger charge is 2.25. The van der Waals surface area contributed by atoms with Crippen LogP contribution in [0.1, 0.15) is 45.6 Å². The maximum absolute atomic E-state index is 9.60. The van der Waals surface area contributed by atoms with Crippen LogP contribution < -0.4 is 10.6 Å². The largest absolute Gasteiger partial charge is 0.508 e. The van der Waals surface area contributed by atoms with Gasteiger partial charge in [-0.2, -0.15) is 0 Å². The standard InChI is InChI=1S/C13H20N2O.C5H10O2/c1-2-15-13-9-14-7-6-12(13)10-4-3-5-11(16)8-10;1-5(2,3)7-4-6/h3-5,8,12-16H,2,6-7,9H2,1H3;4H,1-3H3. The Morgan fingerprint density at radius 3 is 2.70 bits per heavy atom. The first-order chi connectivity index (χ1) is 10.9. The van der Waals surface area contributed by atoms with E-state index < -0.39 is 0 Å². The number of aromatic hydroxyl groups is 1. The van der Waals surface area contributed by atoms with Crippen LogP contribution in [0.5, 0.6) is 5.75 Å². The summed E-state index contributed by atoms with van der Waals surface area (Å²) >= 11 is 0. The Labute approximate surface area is 139 Å². The minimum absolute atomic E-state index is 0.318. The fraction of sp³-hybridized carbons (Fsp3) is 0.611. The first kappa shape index (κ1) is 19.5. The third-order valence-corrected chi connectivity index (χ3v) is 3.65. The van der Waals surface area contributed by atoms with Crippen molar-refractivity contribution < 1.29 is 14.6 Å². The number of phenols is 1. The number of carbonyl (C=O) groups excluding carboxylic acids is 1. The molecule has 0 spiro atoms. The minimum atomic E-state index is -0.318. The van der Waals surface area contributed by atoms with Crippen LogP contribution >= 0.6 is 0 Å². The zero-order chi connectivity index (χ0) is 17.3. The van der Waals surface area contributed by atoms with Gasteiger partial charge in [0, 0.05) is 18.5 Å². The summed E-state index contributed by atoms with van der Waals surface area (Å²) in [5, 5.41) is 16.4. The van der Waals surface area contributed by atoms with Gasteiger partial charge in [-0.05, 0) is 58.0 Å². The third kappa shape index (κ3) is 7.48. The number of rotatable bonds is 4. The molecule has 3 N–H and O–H groups in total. The second-order valence-electron chi connectivity index (χ2n) is 6.68. The van der Waals surface area contributed by atoms with Crippen molar-refractivity contribution in [1.29, 1.82) is 0 Å². The average molecular weight is 322 g/mol. The summed E-state index contributed by atoms with van der Waals surface area (Å²) in [4.78, 5) is 9.60. The highest BCUT2D eigenvalue weighted by atomic mass is 16.5. The van der Waals surface area contributed by atoms with E-state index in [4.69, 9.17) is 0 Å². The summed E-state index contributed by atoms with van der Waals surface area (Å²) in [5.74, 6) is 0.875. The lowest BCUT2D eigenvalue weighted by atomic mass is 9.86. The maximum Gasteiger partial charge on any atom is 0.293 e. The molecule has 5 nitrogen and oxygen atoms in total. The molecule has 1 aromatic rings. The normalized spacial score (nSPS) is 21.0. The van der Waals surface area contributed by atoms with Crippen molar-refractivity contribution in [3.63, 3.8) is 0 Å². The SMILES string of the molecule is CC(C)(C)OC=O.CCNC1CNCCC1c1cccc(O)c1. The van der Waals surface area contributed by atoms with E-state index in [9.17, 15) is 9.90 Å². The molecule has 0 saturated carbocycles. The van der Waals surface area contributed by atoms with Gasteiger partial charge in [0.05, 0.1) is 0 Å². The van der Waals surface area contributed by atoms with E-state index in [1.54, 1.807) is 6.07 Å². The molecule has 23 heavy (non-hydrogen) atoms. The first-order valence-electron chi connectivity index (χ1n) is 8.22. The van der Waals surface area contributed by atoms with Gasteiger partial charge in [-0.3, -0.25) is 4.79 Å². The van der Waals surface area contributed by atoms with Crippen LogP contribution in [0.15, 0.2) is 24.3 Å². The van der Waals surface area contributed by atoms with E-state index >= 15 is 0 Å². The quantitative estimate of drug-likeness (QED) is 0.743. The van der Waals surface area contributed by atoms with E-state index in [2.05, 4.69) is 28.4 Å². The van der Waals surface area contributed by atoms with Gasteiger partial charge in [0.25, 0.3) is 6.47 Å². The van der Waals surface area contributed by atoms with Gasteiger partial charge >= 0.3 is 0 Å². The molecule has 1 saturated heterocycles. The molecule has 0 aromatic heterocycles. The number of phenolic OH excluding ortho intramolecular Hbond substituents is 1. The molecule has 1 aliphatic rings. The number of nitrogens with one attached hydrogen (secondary N) is 2. The van der Waals surface area contributed by atoms with Crippen molar-refractivity contribution >= 4 is 6.47 Å². The number of piperidine rings is 1. The second-order valence-corrected chi connectivity index (χ2v) is 6.68. The summed E-state index contributed by atoms with van der Waals surface area (Å²) in [6, 6.07) is 8.13. The summed E-state index contributed by atoms with van der Waals surface area (Å²) in [6.07, 6.45) is 1.13. The fourth-order valence-corrected chi connectivity index (χ4v) is 2.63. The van der Waals surface area contributed by atoms with Crippen molar-refractivity contribution in [2.45, 2.75) is 51.7 Å². The molecule has 0 radical (unpaired) electrons. The average Bonchev–Trinajstić information content (AvgIpc) is 2.47. The van der Waals surface area contributed by atoms with Crippen molar-refractivity contribution in [2.24, 2.45) is 0 Å². The van der Waals surface area contributed by atoms with Gasteiger partial charge in [-0.15, -0.1) is 0 Å². The van der Waals surface area contributed by atoms with Crippen LogP contribution in [0, 0.1) is 0 Å². The lowest BCUT2D eigenvalue weighted by Gasteiger charge is -2.33. The topological polar surface area (TPSA) is 70.6 Å². The highest BCUT2D eigenvalue weighted by molar-refractivity contribution is 5.37. The van der Waals surface area contributed by atoms with E-state index in [1.165, 1.54) is 5.56 Å². The third-order valence-electron chi connectivity index (χ3n) is 3.65. The molecule has 1 fully saturated rings. The molecule has 2 rings (SSSR count). The Hall–Kier alpha value is -1.59. The number of benzene rings is 1. The van der Waals surface area contributed by atoms with Gasteiger partial charge < -0.3 is 20.5 Å². The molecule has 2 atom stereocenters. The Balaban J connectivity index is 0.000000322. The molecular formula is C18H30N2O3. The van der Waals surface area contributed by atoms with E-state index in [0.717, 1.165) is 26.1 Å². The van der Waals surface area contributed by atoms with Gasteiger partial charge in [-0.25, -0.2) is 0 Å². The van der Waals surface area contributed by atoms with Gasteiger partial charge in [-0.1, -0.05) is 19.1 Å². The predicted molar refractivity (Wildman–Crippen MR) is 92.7 cm³/mol. The number of carbonyl (C=O) groups is 1. The number of hydrogen-bond acceptors (Lipinski definition) is 5. The number of ether oxygens (including phenoxy) is 1. The van der Waals surface area contributed by atoms with Crippen molar-refractivity contribution in [3.8, 4) is 5.75 Å². The Bertz CT molecular complexity index is 470. The lowest BCUT2D eigenvalue weighted by molar-refractivity contribution is -0.138. The van der Waals surface area contributed by atoms with E-state index in [1.807, 2.05) is 32.9 Å². The van der Waals surface area contributed by atoms with Crippen molar-refractivity contribution in [2.75, 3.05) is 19.6 Å². The highest BCUT2D eigenvalue weighted by Crippen LogP contribution is 2.27. The van der Waals surface area contributed by atoms with Crippen molar-refractivity contribution in [1.82, 2.24) is 10.6 Å². The molecule has 130 valence electrons. The van der Waals surface area contributed by atoms with Crippen LogP contribution in [0.2, 0.25) is 0 Å². The Morgan fingerprint density at radius 2 is 2.17 bits per heavy atom. The molecule has 5 heteroatoms. The molecule has 0 amide bonds. The van der Waals surface area contributed by atoms with Crippen LogP contribution in [-0.2, 0) is 9.53 Å². The number of hydrogen-bond donors (Lipinski definition) is 3. The molecule has 1 aliphatic heterocycles. The summed E-state index contributed by atoms with van der Waals surface area (Å²) in [6.45, 7) is 11.1. The monoisotopic (exact) mass is 322 g/mol. The lowest BCUT2D eigenvalue weighted by Crippen LogP contribution is -2.47. The molecule has 1 heterocycles. The van der Waals surface area contributed by atoms with Gasteiger partial charge in [0.15, 0.2) is 0 Å². The maximum atomic E-state index is 9.60. The first-order valence-corrected chi connectivity index (χ1v) is 8.22. The second kappa shape index (κ2) is 9.53. The minimum Gasteiger partial charge on any atom is -0.508 e. The predicted octanol–water partition coefficient (Wildman–Crippen LogP) is 2.41. The van der Waals surface area contributed by atoms with Crippen molar-refractivity contribution in [3.05, 3.63) is 29.8 Å².